The standard InChI is InChI=1S/C11H20N4S/c1-4-6-12-11(16)13-7-10-8-15(5-2)14-9(10)3/h8H,4-7H2,1-3H3,(H2,12,13,16). The number of nitrogens with one attached hydrogen (secondary N) is 2. The number of thiocarbonyl (C=S) groups is 1. The fourth-order valence-electron chi connectivity index (χ4n) is 1.37. The van der Waals surface area contributed by atoms with Crippen LogP contribution in [-0.2, 0) is 13.1 Å². The SMILES string of the molecule is CCCNC(=S)NCc1cn(CC)nc1C. The van der Waals surface area contributed by atoms with Crippen LogP contribution in [0.4, 0.5) is 0 Å². The quantitative estimate of drug-likeness (QED) is 0.767. The molecule has 4 nitrogen and oxygen atoms in total. The molecular weight excluding hydrogens is 220 g/mol. The molecule has 0 amide bonds. The molecule has 1 rings (SSSR count). The summed E-state index contributed by atoms with van der Waals surface area (Å²) in [5.41, 5.74) is 2.26. The summed E-state index contributed by atoms with van der Waals surface area (Å²) in [6, 6.07) is 0. The zero-order valence-electron chi connectivity index (χ0n) is 10.2. The smallest absolute Gasteiger partial charge is 0.166 e. The minimum atomic E-state index is 0.713. The van der Waals surface area contributed by atoms with Crippen molar-refractivity contribution in [3.8, 4) is 0 Å². The summed E-state index contributed by atoms with van der Waals surface area (Å²) < 4.78 is 1.94. The van der Waals surface area contributed by atoms with Crippen molar-refractivity contribution in [2.75, 3.05) is 6.54 Å². The van der Waals surface area contributed by atoms with Crippen molar-refractivity contribution in [3.05, 3.63) is 17.5 Å². The number of rotatable bonds is 5. The van der Waals surface area contributed by atoms with Crippen LogP contribution in [0, 0.1) is 6.92 Å². The van der Waals surface area contributed by atoms with Crippen LogP contribution in [0.3, 0.4) is 0 Å². The van der Waals surface area contributed by atoms with Gasteiger partial charge in [-0.05, 0) is 32.5 Å². The maximum Gasteiger partial charge on any atom is 0.166 e. The Kier molecular flexibility index (Phi) is 5.25. The molecule has 0 aliphatic heterocycles. The van der Waals surface area contributed by atoms with Crippen LogP contribution in [0.1, 0.15) is 31.5 Å². The number of aryl methyl sites for hydroxylation is 2. The van der Waals surface area contributed by atoms with Gasteiger partial charge in [0.25, 0.3) is 0 Å². The molecule has 0 bridgehead atoms. The van der Waals surface area contributed by atoms with Gasteiger partial charge in [-0.2, -0.15) is 5.10 Å². The van der Waals surface area contributed by atoms with Crippen LogP contribution < -0.4 is 10.6 Å². The normalized spacial score (nSPS) is 10.2. The van der Waals surface area contributed by atoms with Gasteiger partial charge in [-0.25, -0.2) is 0 Å². The minimum absolute atomic E-state index is 0.713. The second-order valence-corrected chi connectivity index (χ2v) is 4.11. The lowest BCUT2D eigenvalue weighted by atomic mass is 10.3. The van der Waals surface area contributed by atoms with Crippen molar-refractivity contribution in [1.82, 2.24) is 20.4 Å². The van der Waals surface area contributed by atoms with Crippen LogP contribution in [0.5, 0.6) is 0 Å². The second kappa shape index (κ2) is 6.48. The first-order chi connectivity index (χ1) is 7.67. The van der Waals surface area contributed by atoms with Gasteiger partial charge in [0.1, 0.15) is 0 Å². The van der Waals surface area contributed by atoms with Crippen molar-refractivity contribution >= 4 is 17.3 Å². The highest BCUT2D eigenvalue weighted by atomic mass is 32.1. The van der Waals surface area contributed by atoms with Gasteiger partial charge in [-0.1, -0.05) is 6.92 Å². The Morgan fingerprint density at radius 3 is 2.75 bits per heavy atom. The van der Waals surface area contributed by atoms with Crippen molar-refractivity contribution in [2.45, 2.75) is 40.3 Å². The first-order valence-electron chi connectivity index (χ1n) is 5.72. The molecule has 1 aromatic rings. The predicted molar refractivity (Wildman–Crippen MR) is 70.4 cm³/mol. The van der Waals surface area contributed by atoms with E-state index < -0.39 is 0 Å². The van der Waals surface area contributed by atoms with Crippen molar-refractivity contribution in [1.29, 1.82) is 0 Å². The van der Waals surface area contributed by atoms with Gasteiger partial charge in [-0.15, -0.1) is 0 Å². The van der Waals surface area contributed by atoms with Gasteiger partial charge in [-0.3, -0.25) is 4.68 Å². The van der Waals surface area contributed by atoms with Crippen LogP contribution in [-0.4, -0.2) is 21.4 Å². The second-order valence-electron chi connectivity index (χ2n) is 3.70. The van der Waals surface area contributed by atoms with Gasteiger partial charge in [0.2, 0.25) is 0 Å². The van der Waals surface area contributed by atoms with Crippen LogP contribution >= 0.6 is 12.2 Å². The molecule has 0 spiro atoms. The third-order valence-electron chi connectivity index (χ3n) is 2.35. The van der Waals surface area contributed by atoms with Crippen molar-refractivity contribution < 1.29 is 0 Å². The molecule has 90 valence electrons. The Morgan fingerprint density at radius 2 is 2.19 bits per heavy atom. The van der Waals surface area contributed by atoms with Crippen LogP contribution in [0.2, 0.25) is 0 Å². The lowest BCUT2D eigenvalue weighted by Gasteiger charge is -2.08. The molecule has 0 atom stereocenters. The number of aromatic nitrogens is 2. The number of nitrogens with zero attached hydrogens (tertiary/aromatic N) is 2. The molecule has 0 saturated heterocycles. The zero-order chi connectivity index (χ0) is 12.0. The van der Waals surface area contributed by atoms with Crippen LogP contribution in [0.15, 0.2) is 6.20 Å². The Hall–Kier alpha value is -1.10. The molecule has 16 heavy (non-hydrogen) atoms. The largest absolute Gasteiger partial charge is 0.363 e. The first kappa shape index (κ1) is 13.0. The van der Waals surface area contributed by atoms with Gasteiger partial charge in [0.05, 0.1) is 5.69 Å². The van der Waals surface area contributed by atoms with Gasteiger partial charge < -0.3 is 10.6 Å². The van der Waals surface area contributed by atoms with Gasteiger partial charge in [0.15, 0.2) is 5.11 Å². The lowest BCUT2D eigenvalue weighted by Crippen LogP contribution is -2.35. The van der Waals surface area contributed by atoms with Crippen molar-refractivity contribution in [2.24, 2.45) is 0 Å². The Labute approximate surface area is 102 Å². The van der Waals surface area contributed by atoms with E-state index in [4.69, 9.17) is 12.2 Å². The van der Waals surface area contributed by atoms with E-state index in [0.717, 1.165) is 31.7 Å². The molecule has 0 aromatic carbocycles. The van der Waals surface area contributed by atoms with Crippen molar-refractivity contribution in [3.63, 3.8) is 0 Å². The Morgan fingerprint density at radius 1 is 1.44 bits per heavy atom. The molecule has 0 unspecified atom stereocenters. The summed E-state index contributed by atoms with van der Waals surface area (Å²) in [6.45, 7) is 8.77. The van der Waals surface area contributed by atoms with E-state index in [1.165, 1.54) is 5.56 Å². The molecule has 0 aliphatic rings. The average molecular weight is 240 g/mol. The van der Waals surface area contributed by atoms with E-state index in [1.54, 1.807) is 0 Å². The highest BCUT2D eigenvalue weighted by Gasteiger charge is 2.04. The zero-order valence-corrected chi connectivity index (χ0v) is 11.0. The van der Waals surface area contributed by atoms with Crippen LogP contribution in [0.25, 0.3) is 0 Å². The maximum atomic E-state index is 5.15. The molecule has 0 saturated carbocycles. The topological polar surface area (TPSA) is 41.9 Å². The third kappa shape index (κ3) is 3.81. The fraction of sp³-hybridized carbons (Fsp3) is 0.636. The predicted octanol–water partition coefficient (Wildman–Crippen LogP) is 1.59. The Balaban J connectivity index is 2.41. The summed E-state index contributed by atoms with van der Waals surface area (Å²) >= 11 is 5.15. The molecule has 5 heteroatoms. The van der Waals surface area contributed by atoms with E-state index >= 15 is 0 Å². The summed E-state index contributed by atoms with van der Waals surface area (Å²) in [7, 11) is 0. The van der Waals surface area contributed by atoms with E-state index in [-0.39, 0.29) is 0 Å². The highest BCUT2D eigenvalue weighted by Crippen LogP contribution is 2.04. The molecule has 2 N–H and O–H groups in total. The molecule has 0 radical (unpaired) electrons. The molecule has 1 heterocycles. The first-order valence-corrected chi connectivity index (χ1v) is 6.12. The van der Waals surface area contributed by atoms with Gasteiger partial charge >= 0.3 is 0 Å². The summed E-state index contributed by atoms with van der Waals surface area (Å²) in [5.74, 6) is 0. The summed E-state index contributed by atoms with van der Waals surface area (Å²) in [4.78, 5) is 0. The van der Waals surface area contributed by atoms with E-state index in [0.29, 0.717) is 5.11 Å². The van der Waals surface area contributed by atoms with E-state index in [9.17, 15) is 0 Å². The van der Waals surface area contributed by atoms with E-state index in [2.05, 4.69) is 35.8 Å². The minimum Gasteiger partial charge on any atom is -0.363 e. The Bertz CT molecular complexity index is 346. The highest BCUT2D eigenvalue weighted by molar-refractivity contribution is 7.80. The maximum absolute atomic E-state index is 5.15. The van der Waals surface area contributed by atoms with E-state index in [1.807, 2.05) is 11.6 Å². The molecule has 0 fully saturated rings. The molecular formula is C11H20N4S. The molecule has 1 aromatic heterocycles. The molecule has 0 aliphatic carbocycles. The lowest BCUT2D eigenvalue weighted by molar-refractivity contribution is 0.653. The average Bonchev–Trinajstić information content (AvgIpc) is 2.64. The third-order valence-corrected chi connectivity index (χ3v) is 2.64. The number of hydrogen-bond donors (Lipinski definition) is 2. The monoisotopic (exact) mass is 240 g/mol. The van der Waals surface area contributed by atoms with Gasteiger partial charge in [0, 0.05) is 31.4 Å². The number of hydrogen-bond acceptors (Lipinski definition) is 2. The summed E-state index contributed by atoms with van der Waals surface area (Å²) in [6.07, 6.45) is 3.14. The fourth-order valence-corrected chi connectivity index (χ4v) is 1.55. The summed E-state index contributed by atoms with van der Waals surface area (Å²) in [5, 5.41) is 11.4.